The summed E-state index contributed by atoms with van der Waals surface area (Å²) in [7, 11) is 1.89. The van der Waals surface area contributed by atoms with Crippen LogP contribution < -0.4 is 11.1 Å². The zero-order valence-corrected chi connectivity index (χ0v) is 22.9. The molecule has 0 heterocycles. The number of nitrogens with zero attached hydrogens (tertiary/aromatic N) is 1. The van der Waals surface area contributed by atoms with Crippen LogP contribution in [0.5, 0.6) is 0 Å². The van der Waals surface area contributed by atoms with Crippen LogP contribution in [-0.4, -0.2) is 54.1 Å². The first-order chi connectivity index (χ1) is 16.6. The first-order valence-electron chi connectivity index (χ1n) is 13.3. The normalized spacial score (nSPS) is 21.0. The van der Waals surface area contributed by atoms with Gasteiger partial charge in [0.05, 0.1) is 6.10 Å². The zero-order chi connectivity index (χ0) is 26.4. The Morgan fingerprint density at radius 1 is 1.14 bits per heavy atom. The molecule has 1 fully saturated rings. The van der Waals surface area contributed by atoms with E-state index >= 15 is 0 Å². The highest BCUT2D eigenvalue weighted by Gasteiger charge is 2.25. The van der Waals surface area contributed by atoms with Gasteiger partial charge in [0.25, 0.3) is 0 Å². The molecule has 1 saturated carbocycles. The molecule has 6 nitrogen and oxygen atoms in total. The topological polar surface area (TPSA) is 95.7 Å². The molecule has 198 valence electrons. The van der Waals surface area contributed by atoms with Crippen LogP contribution in [0.2, 0.25) is 0 Å². The summed E-state index contributed by atoms with van der Waals surface area (Å²) < 4.78 is 0. The molecule has 0 aromatic rings. The van der Waals surface area contributed by atoms with E-state index in [4.69, 9.17) is 5.73 Å². The van der Waals surface area contributed by atoms with Gasteiger partial charge < -0.3 is 21.1 Å². The van der Waals surface area contributed by atoms with Crippen molar-refractivity contribution < 1.29 is 14.7 Å². The molecule has 0 saturated heterocycles. The maximum atomic E-state index is 13.0. The lowest BCUT2D eigenvalue weighted by Crippen LogP contribution is -2.39. The second-order valence-corrected chi connectivity index (χ2v) is 9.95. The van der Waals surface area contributed by atoms with Gasteiger partial charge in [-0.25, -0.2) is 0 Å². The number of nitrogens with one attached hydrogen (secondary N) is 1. The first kappa shape index (κ1) is 30.9. The van der Waals surface area contributed by atoms with Crippen molar-refractivity contribution in [3.8, 4) is 0 Å². The van der Waals surface area contributed by atoms with Crippen LogP contribution in [0.1, 0.15) is 86.0 Å². The van der Waals surface area contributed by atoms with E-state index < -0.39 is 6.10 Å². The van der Waals surface area contributed by atoms with Crippen molar-refractivity contribution in [3.05, 3.63) is 46.6 Å². The van der Waals surface area contributed by atoms with E-state index in [-0.39, 0.29) is 18.4 Å². The smallest absolute Gasteiger partial charge is 0.249 e. The number of likely N-dealkylation sites (N-methyl/N-ethyl adjacent to an activating group) is 1. The largest absolute Gasteiger partial charge is 0.391 e. The predicted octanol–water partition coefficient (Wildman–Crippen LogP) is 4.80. The standard InChI is InChI=1S/C29H49N3O3/c1-7-9-10-25(23(5)19-30)15-18-27(33)20-31-28(34)22(4)13-14-24(8-2)29(35)32(6)26-16-11-21(3)12-17-26/h9-10,13-14,21,26-27,33H,7-8,11-12,15-20,30H2,1-6H3,(H,31,34)/b10-9-,22-13+,24-14+,25-23-. The van der Waals surface area contributed by atoms with E-state index in [0.717, 1.165) is 49.2 Å². The molecule has 0 aromatic carbocycles. The summed E-state index contributed by atoms with van der Waals surface area (Å²) in [5.41, 5.74) is 9.24. The molecule has 0 radical (unpaired) electrons. The third-order valence-corrected chi connectivity index (χ3v) is 7.06. The quantitative estimate of drug-likeness (QED) is 0.257. The van der Waals surface area contributed by atoms with Gasteiger partial charge in [-0.2, -0.15) is 0 Å². The number of hydrogen-bond donors (Lipinski definition) is 3. The molecule has 35 heavy (non-hydrogen) atoms. The summed E-state index contributed by atoms with van der Waals surface area (Å²) in [6.45, 7) is 10.7. The molecule has 1 atom stereocenters. The number of aliphatic hydroxyl groups excluding tert-OH is 1. The third kappa shape index (κ3) is 11.0. The van der Waals surface area contributed by atoms with Crippen LogP contribution >= 0.6 is 0 Å². The maximum absolute atomic E-state index is 13.0. The second kappa shape index (κ2) is 16.5. The maximum Gasteiger partial charge on any atom is 0.249 e. The van der Waals surface area contributed by atoms with E-state index in [1.165, 1.54) is 0 Å². The van der Waals surface area contributed by atoms with Crippen molar-refractivity contribution in [2.75, 3.05) is 20.1 Å². The van der Waals surface area contributed by atoms with Crippen LogP contribution in [0.3, 0.4) is 0 Å². The Morgan fingerprint density at radius 2 is 1.80 bits per heavy atom. The molecule has 0 aromatic heterocycles. The van der Waals surface area contributed by atoms with Gasteiger partial charge in [0.15, 0.2) is 0 Å². The molecule has 2 amide bonds. The Balaban J connectivity index is 2.63. The average Bonchev–Trinajstić information content (AvgIpc) is 2.86. The average molecular weight is 488 g/mol. The van der Waals surface area contributed by atoms with Gasteiger partial charge in [-0.3, -0.25) is 9.59 Å². The van der Waals surface area contributed by atoms with E-state index in [0.29, 0.717) is 43.0 Å². The number of rotatable bonds is 13. The number of hydrogen-bond acceptors (Lipinski definition) is 4. The van der Waals surface area contributed by atoms with E-state index in [1.807, 2.05) is 25.8 Å². The minimum Gasteiger partial charge on any atom is -0.391 e. The van der Waals surface area contributed by atoms with Crippen LogP contribution in [0.4, 0.5) is 0 Å². The van der Waals surface area contributed by atoms with Gasteiger partial charge in [0.2, 0.25) is 11.8 Å². The fourth-order valence-corrected chi connectivity index (χ4v) is 4.27. The van der Waals surface area contributed by atoms with Crippen LogP contribution in [-0.2, 0) is 9.59 Å². The van der Waals surface area contributed by atoms with Gasteiger partial charge >= 0.3 is 0 Å². The lowest BCUT2D eigenvalue weighted by atomic mass is 9.86. The van der Waals surface area contributed by atoms with Crippen molar-refractivity contribution >= 4 is 11.8 Å². The fourth-order valence-electron chi connectivity index (χ4n) is 4.27. The highest BCUT2D eigenvalue weighted by Crippen LogP contribution is 2.27. The SMILES string of the molecule is CC/C=C\C(CCC(O)CNC(=O)/C(C)=C/C=C(\CC)C(=O)N(C)C1CCC(C)CC1)=C(/C)CN. The monoisotopic (exact) mass is 487 g/mol. The minimum atomic E-state index is -0.641. The summed E-state index contributed by atoms with van der Waals surface area (Å²) in [4.78, 5) is 27.4. The van der Waals surface area contributed by atoms with Crippen molar-refractivity contribution in [3.63, 3.8) is 0 Å². The van der Waals surface area contributed by atoms with Crippen molar-refractivity contribution in [1.29, 1.82) is 0 Å². The molecule has 0 bridgehead atoms. The third-order valence-electron chi connectivity index (χ3n) is 7.06. The van der Waals surface area contributed by atoms with Gasteiger partial charge in [-0.1, -0.05) is 50.6 Å². The van der Waals surface area contributed by atoms with E-state index in [9.17, 15) is 14.7 Å². The summed E-state index contributed by atoms with van der Waals surface area (Å²) in [6, 6.07) is 0.296. The molecule has 1 aliphatic carbocycles. The number of carbonyl (C=O) groups excluding carboxylic acids is 2. The molecule has 0 aliphatic heterocycles. The summed E-state index contributed by atoms with van der Waals surface area (Å²) >= 11 is 0. The lowest BCUT2D eigenvalue weighted by Gasteiger charge is -2.34. The Bertz CT molecular complexity index is 802. The Kier molecular flexibility index (Phi) is 14.5. The first-order valence-corrected chi connectivity index (χ1v) is 13.3. The Hall–Kier alpha value is -2.18. The highest BCUT2D eigenvalue weighted by atomic mass is 16.3. The summed E-state index contributed by atoms with van der Waals surface area (Å²) in [5.74, 6) is 0.545. The number of nitrogens with two attached hydrogens (primary N) is 1. The number of carbonyl (C=O) groups is 2. The van der Waals surface area contributed by atoms with Gasteiger partial charge in [0.1, 0.15) is 0 Å². The predicted molar refractivity (Wildman–Crippen MR) is 146 cm³/mol. The molecular weight excluding hydrogens is 438 g/mol. The second-order valence-electron chi connectivity index (χ2n) is 9.95. The fraction of sp³-hybridized carbons (Fsp3) is 0.655. The van der Waals surface area contributed by atoms with Crippen LogP contribution in [0.25, 0.3) is 0 Å². The lowest BCUT2D eigenvalue weighted by molar-refractivity contribution is -0.128. The molecule has 1 aliphatic rings. The Morgan fingerprint density at radius 3 is 2.37 bits per heavy atom. The summed E-state index contributed by atoms with van der Waals surface area (Å²) in [6.07, 6.45) is 14.2. The molecule has 0 spiro atoms. The van der Waals surface area contributed by atoms with Gasteiger partial charge in [-0.05, 0) is 76.7 Å². The van der Waals surface area contributed by atoms with Gasteiger partial charge in [-0.15, -0.1) is 0 Å². The van der Waals surface area contributed by atoms with Crippen LogP contribution in [0, 0.1) is 5.92 Å². The number of allylic oxidation sites excluding steroid dienone is 5. The number of aliphatic hydroxyl groups is 1. The highest BCUT2D eigenvalue weighted by molar-refractivity contribution is 5.95. The zero-order valence-electron chi connectivity index (χ0n) is 22.9. The van der Waals surface area contributed by atoms with Crippen LogP contribution in [0.15, 0.2) is 46.6 Å². The molecule has 1 unspecified atom stereocenters. The molecule has 1 rings (SSSR count). The van der Waals surface area contributed by atoms with E-state index in [2.05, 4.69) is 31.3 Å². The van der Waals surface area contributed by atoms with Crippen molar-refractivity contribution in [2.24, 2.45) is 11.7 Å². The van der Waals surface area contributed by atoms with Crippen molar-refractivity contribution in [1.82, 2.24) is 10.2 Å². The molecule has 4 N–H and O–H groups in total. The van der Waals surface area contributed by atoms with Crippen molar-refractivity contribution in [2.45, 2.75) is 98.1 Å². The minimum absolute atomic E-state index is 0.0423. The van der Waals surface area contributed by atoms with Gasteiger partial charge in [0, 0.05) is 37.3 Å². The summed E-state index contributed by atoms with van der Waals surface area (Å²) in [5, 5.41) is 13.2. The molecule has 6 heteroatoms. The number of amides is 2. The Labute approximate surface area is 213 Å². The van der Waals surface area contributed by atoms with E-state index in [1.54, 1.807) is 19.1 Å². The molecular formula is C29H49N3O3.